The van der Waals surface area contributed by atoms with Crippen molar-refractivity contribution < 1.29 is 0 Å². The van der Waals surface area contributed by atoms with E-state index in [9.17, 15) is 0 Å². The number of anilines is 1. The van der Waals surface area contributed by atoms with Crippen LogP contribution in [0.5, 0.6) is 0 Å². The summed E-state index contributed by atoms with van der Waals surface area (Å²) in [4.78, 5) is 13.2. The molecule has 2 heterocycles. The summed E-state index contributed by atoms with van der Waals surface area (Å²) in [7, 11) is 0. The summed E-state index contributed by atoms with van der Waals surface area (Å²) in [6.07, 6.45) is 1.74. The third-order valence-electron chi connectivity index (χ3n) is 3.44. The van der Waals surface area contributed by atoms with Crippen LogP contribution in [0.1, 0.15) is 30.6 Å². The number of nitrogens with zero attached hydrogens (tertiary/aromatic N) is 4. The molecule has 0 saturated heterocycles. The predicted octanol–water partition coefficient (Wildman–Crippen LogP) is 2.72. The maximum absolute atomic E-state index is 5.74. The van der Waals surface area contributed by atoms with Crippen molar-refractivity contribution in [2.24, 2.45) is 0 Å². The van der Waals surface area contributed by atoms with E-state index < -0.39 is 0 Å². The predicted molar refractivity (Wildman–Crippen MR) is 84.0 cm³/mol. The van der Waals surface area contributed by atoms with Crippen molar-refractivity contribution in [1.29, 1.82) is 0 Å². The smallest absolute Gasteiger partial charge is 0.220 e. The molecule has 0 fully saturated rings. The van der Waals surface area contributed by atoms with Crippen LogP contribution < -0.4 is 5.73 Å². The summed E-state index contributed by atoms with van der Waals surface area (Å²) in [6.45, 7) is 5.05. The van der Waals surface area contributed by atoms with Gasteiger partial charge in [0.15, 0.2) is 0 Å². The van der Waals surface area contributed by atoms with Gasteiger partial charge in [-0.2, -0.15) is 0 Å². The van der Waals surface area contributed by atoms with Gasteiger partial charge in [-0.1, -0.05) is 19.1 Å². The normalized spacial score (nSPS) is 11.1. The minimum Gasteiger partial charge on any atom is -0.368 e. The fourth-order valence-electron chi connectivity index (χ4n) is 2.64. The number of hydrogen-bond donors (Lipinski definition) is 1. The van der Waals surface area contributed by atoms with Gasteiger partial charge in [-0.15, -0.1) is 0 Å². The maximum atomic E-state index is 5.74. The van der Waals surface area contributed by atoms with Crippen LogP contribution in [0.4, 0.5) is 5.95 Å². The van der Waals surface area contributed by atoms with E-state index in [4.69, 9.17) is 10.7 Å². The van der Waals surface area contributed by atoms with E-state index in [1.54, 1.807) is 0 Å². The largest absolute Gasteiger partial charge is 0.368 e. The van der Waals surface area contributed by atoms with Crippen LogP contribution >= 0.6 is 0 Å². The van der Waals surface area contributed by atoms with Gasteiger partial charge >= 0.3 is 0 Å². The Morgan fingerprint density at radius 3 is 2.71 bits per heavy atom. The van der Waals surface area contributed by atoms with Crippen molar-refractivity contribution in [2.75, 3.05) is 5.73 Å². The van der Waals surface area contributed by atoms with E-state index in [1.165, 1.54) is 5.52 Å². The monoisotopic (exact) mass is 281 g/mol. The molecule has 3 aromatic rings. The molecule has 0 aliphatic carbocycles. The van der Waals surface area contributed by atoms with E-state index in [0.717, 1.165) is 35.7 Å². The average molecular weight is 281 g/mol. The van der Waals surface area contributed by atoms with Crippen LogP contribution in [0.25, 0.3) is 11.0 Å². The zero-order valence-electron chi connectivity index (χ0n) is 12.4. The summed E-state index contributed by atoms with van der Waals surface area (Å²) in [5.74, 6) is 1.35. The Balaban J connectivity index is 2.04. The second-order valence-electron chi connectivity index (χ2n) is 5.20. The van der Waals surface area contributed by atoms with Crippen molar-refractivity contribution >= 4 is 17.0 Å². The molecule has 0 bridgehead atoms. The lowest BCUT2D eigenvalue weighted by Gasteiger charge is -2.08. The number of rotatable bonds is 4. The van der Waals surface area contributed by atoms with Crippen molar-refractivity contribution in [3.63, 3.8) is 0 Å². The van der Waals surface area contributed by atoms with E-state index in [-0.39, 0.29) is 0 Å². The lowest BCUT2D eigenvalue weighted by atomic mass is 10.2. The van der Waals surface area contributed by atoms with Crippen LogP contribution in [0.2, 0.25) is 0 Å². The summed E-state index contributed by atoms with van der Waals surface area (Å²) in [5, 5.41) is 0. The molecule has 2 N–H and O–H groups in total. The number of nitrogens with two attached hydrogens (primary N) is 1. The van der Waals surface area contributed by atoms with Crippen LogP contribution in [-0.2, 0) is 13.0 Å². The molecule has 3 rings (SSSR count). The first-order chi connectivity index (χ1) is 10.2. The highest BCUT2D eigenvalue weighted by Crippen LogP contribution is 2.19. The number of para-hydroxylation sites is 2. The van der Waals surface area contributed by atoms with Gasteiger partial charge < -0.3 is 10.3 Å². The van der Waals surface area contributed by atoms with E-state index in [2.05, 4.69) is 27.5 Å². The fourth-order valence-corrected chi connectivity index (χ4v) is 2.64. The zero-order valence-corrected chi connectivity index (χ0v) is 12.4. The van der Waals surface area contributed by atoms with Gasteiger partial charge in [0.2, 0.25) is 5.95 Å². The highest BCUT2D eigenvalue weighted by atomic mass is 15.1. The van der Waals surface area contributed by atoms with Crippen molar-refractivity contribution in [3.05, 3.63) is 47.5 Å². The standard InChI is InChI=1S/C16H19N5/c1-3-8-21-14-7-5-4-6-13(14)20-15(21)10-12-9-11(2)18-16(17)19-12/h4-7,9H,3,8,10H2,1-2H3,(H2,17,18,19). The summed E-state index contributed by atoms with van der Waals surface area (Å²) < 4.78 is 2.27. The first-order valence-electron chi connectivity index (χ1n) is 7.21. The molecular weight excluding hydrogens is 262 g/mol. The van der Waals surface area contributed by atoms with Gasteiger partial charge in [-0.05, 0) is 31.5 Å². The summed E-state index contributed by atoms with van der Waals surface area (Å²) in [5.41, 5.74) is 9.73. The maximum Gasteiger partial charge on any atom is 0.220 e. The highest BCUT2D eigenvalue weighted by Gasteiger charge is 2.11. The lowest BCUT2D eigenvalue weighted by Crippen LogP contribution is -2.07. The quantitative estimate of drug-likeness (QED) is 0.798. The summed E-state index contributed by atoms with van der Waals surface area (Å²) >= 11 is 0. The van der Waals surface area contributed by atoms with Gasteiger partial charge in [-0.25, -0.2) is 15.0 Å². The molecule has 0 aliphatic rings. The number of fused-ring (bicyclic) bond motifs is 1. The molecule has 0 saturated carbocycles. The number of aromatic nitrogens is 4. The molecule has 0 radical (unpaired) electrons. The minimum absolute atomic E-state index is 0.322. The Morgan fingerprint density at radius 1 is 1.14 bits per heavy atom. The fraction of sp³-hybridized carbons (Fsp3) is 0.312. The molecule has 2 aromatic heterocycles. The molecular formula is C16H19N5. The van der Waals surface area contributed by atoms with Gasteiger partial charge in [0.25, 0.3) is 0 Å². The van der Waals surface area contributed by atoms with Crippen molar-refractivity contribution in [1.82, 2.24) is 19.5 Å². The second kappa shape index (κ2) is 5.52. The summed E-state index contributed by atoms with van der Waals surface area (Å²) in [6, 6.07) is 10.2. The number of nitrogen functional groups attached to an aromatic ring is 1. The van der Waals surface area contributed by atoms with Crippen LogP contribution in [0.15, 0.2) is 30.3 Å². The van der Waals surface area contributed by atoms with Gasteiger partial charge in [0.1, 0.15) is 5.82 Å². The molecule has 0 atom stereocenters. The number of imidazole rings is 1. The SMILES string of the molecule is CCCn1c(Cc2cc(C)nc(N)n2)nc2ccccc21. The van der Waals surface area contributed by atoms with Crippen LogP contribution in [0, 0.1) is 6.92 Å². The average Bonchev–Trinajstić information content (AvgIpc) is 2.76. The zero-order chi connectivity index (χ0) is 14.8. The van der Waals surface area contributed by atoms with Gasteiger partial charge in [-0.3, -0.25) is 0 Å². The Morgan fingerprint density at radius 2 is 1.95 bits per heavy atom. The molecule has 0 aliphatic heterocycles. The number of aryl methyl sites for hydroxylation is 2. The topological polar surface area (TPSA) is 69.6 Å². The molecule has 21 heavy (non-hydrogen) atoms. The Labute approximate surface area is 123 Å². The first-order valence-corrected chi connectivity index (χ1v) is 7.21. The lowest BCUT2D eigenvalue weighted by molar-refractivity contribution is 0.662. The molecule has 108 valence electrons. The van der Waals surface area contributed by atoms with Gasteiger partial charge in [0.05, 0.1) is 16.7 Å². The van der Waals surface area contributed by atoms with E-state index in [1.807, 2.05) is 31.2 Å². The molecule has 1 aromatic carbocycles. The molecule has 5 heteroatoms. The Hall–Kier alpha value is -2.43. The van der Waals surface area contributed by atoms with Gasteiger partial charge in [0, 0.05) is 18.7 Å². The molecule has 0 amide bonds. The molecule has 0 spiro atoms. The van der Waals surface area contributed by atoms with E-state index >= 15 is 0 Å². The first kappa shape index (κ1) is 13.5. The Bertz CT molecular complexity index is 755. The van der Waals surface area contributed by atoms with Crippen molar-refractivity contribution in [3.8, 4) is 0 Å². The van der Waals surface area contributed by atoms with E-state index in [0.29, 0.717) is 12.4 Å². The third kappa shape index (κ3) is 2.72. The highest BCUT2D eigenvalue weighted by molar-refractivity contribution is 5.76. The second-order valence-corrected chi connectivity index (χ2v) is 5.20. The Kier molecular flexibility index (Phi) is 3.56. The van der Waals surface area contributed by atoms with Crippen LogP contribution in [-0.4, -0.2) is 19.5 Å². The van der Waals surface area contributed by atoms with Crippen molar-refractivity contribution in [2.45, 2.75) is 33.2 Å². The third-order valence-corrected chi connectivity index (χ3v) is 3.44. The number of hydrogen-bond acceptors (Lipinski definition) is 4. The minimum atomic E-state index is 0.322. The van der Waals surface area contributed by atoms with Crippen LogP contribution in [0.3, 0.4) is 0 Å². The number of benzene rings is 1. The molecule has 5 nitrogen and oxygen atoms in total. The molecule has 0 unspecified atom stereocenters.